The Morgan fingerprint density at radius 1 is 0.880 bits per heavy atom. The number of anilines is 1. The van der Waals surface area contributed by atoms with E-state index in [0.29, 0.717) is 16.9 Å². The van der Waals surface area contributed by atoms with Crippen LogP contribution in [0.5, 0.6) is 0 Å². The maximum Gasteiger partial charge on any atom is 0.292 e. The number of fused-ring (bicyclic) bond motifs is 1. The maximum absolute atomic E-state index is 12.7. The molecule has 1 amide bonds. The molecule has 25 heavy (non-hydrogen) atoms. The lowest BCUT2D eigenvalue weighted by atomic mass is 10.1. The third-order valence-corrected chi connectivity index (χ3v) is 4.41. The van der Waals surface area contributed by atoms with E-state index in [-0.39, 0.29) is 22.9 Å². The minimum atomic E-state index is -0.300. The number of rotatable bonds is 2. The van der Waals surface area contributed by atoms with Gasteiger partial charge >= 0.3 is 0 Å². The van der Waals surface area contributed by atoms with Crippen LogP contribution in [-0.2, 0) is 18.9 Å². The molecule has 0 aliphatic carbocycles. The number of para-hydroxylation sites is 1. The van der Waals surface area contributed by atoms with E-state index in [2.05, 4.69) is 10.3 Å². The molecule has 0 bridgehead atoms. The van der Waals surface area contributed by atoms with Gasteiger partial charge in [-0.25, -0.2) is 4.99 Å². The second-order valence-electron chi connectivity index (χ2n) is 5.88. The molecule has 0 spiro atoms. The summed E-state index contributed by atoms with van der Waals surface area (Å²) < 4.78 is 3.23. The smallest absolute Gasteiger partial charge is 0.292 e. The van der Waals surface area contributed by atoms with Gasteiger partial charge < -0.3 is 5.32 Å². The fourth-order valence-corrected chi connectivity index (χ4v) is 3.04. The highest BCUT2D eigenvalue weighted by Crippen LogP contribution is 2.30. The summed E-state index contributed by atoms with van der Waals surface area (Å²) in [6.45, 7) is 0. The quantitative estimate of drug-likeness (QED) is 0.783. The van der Waals surface area contributed by atoms with Crippen molar-refractivity contribution < 1.29 is 4.79 Å². The number of hydrogen-bond donors (Lipinski definition) is 1. The Bertz CT molecular complexity index is 1070. The molecule has 4 rings (SSSR count). The molecule has 1 N–H and O–H groups in total. The van der Waals surface area contributed by atoms with Gasteiger partial charge in [-0.15, -0.1) is 0 Å². The molecule has 124 valence electrons. The number of hydrogen-bond acceptors (Lipinski definition) is 3. The average Bonchev–Trinajstić information content (AvgIpc) is 3.06. The number of nitrogens with one attached hydrogen (secondary N) is 1. The monoisotopic (exact) mass is 332 g/mol. The molecule has 0 unspecified atom stereocenters. The van der Waals surface area contributed by atoms with Crippen LogP contribution in [0.1, 0.15) is 5.56 Å². The summed E-state index contributed by atoms with van der Waals surface area (Å²) in [6, 6.07) is 16.9. The predicted molar refractivity (Wildman–Crippen MR) is 97.4 cm³/mol. The van der Waals surface area contributed by atoms with Gasteiger partial charge in [0.05, 0.1) is 11.4 Å². The minimum Gasteiger partial charge on any atom is -0.320 e. The molecular weight excluding hydrogens is 316 g/mol. The van der Waals surface area contributed by atoms with Crippen LogP contribution in [0.2, 0.25) is 0 Å². The minimum absolute atomic E-state index is 0.244. The molecule has 1 aliphatic rings. The Hall–Kier alpha value is -3.41. The summed E-state index contributed by atoms with van der Waals surface area (Å²) in [5, 5.41) is 2.78. The lowest BCUT2D eigenvalue weighted by Gasteiger charge is -2.06. The van der Waals surface area contributed by atoms with Gasteiger partial charge in [-0.3, -0.25) is 19.0 Å². The summed E-state index contributed by atoms with van der Waals surface area (Å²) in [5.74, 6) is -0.300. The second-order valence-corrected chi connectivity index (χ2v) is 5.88. The van der Waals surface area contributed by atoms with Crippen LogP contribution in [0.15, 0.2) is 64.4 Å². The number of nitrogens with zero attached hydrogens (tertiary/aromatic N) is 3. The van der Waals surface area contributed by atoms with Crippen LogP contribution in [0.4, 0.5) is 11.4 Å². The summed E-state index contributed by atoms with van der Waals surface area (Å²) in [7, 11) is 3.48. The van der Waals surface area contributed by atoms with Crippen LogP contribution in [0.3, 0.4) is 0 Å². The first-order chi connectivity index (χ1) is 12.1. The van der Waals surface area contributed by atoms with Gasteiger partial charge in [0.25, 0.3) is 11.5 Å². The van der Waals surface area contributed by atoms with E-state index in [4.69, 9.17) is 0 Å². The Balaban J connectivity index is 1.98. The molecule has 2 heterocycles. The zero-order valence-corrected chi connectivity index (χ0v) is 13.9. The van der Waals surface area contributed by atoms with E-state index >= 15 is 0 Å². The highest BCUT2D eigenvalue weighted by molar-refractivity contribution is 6.54. The van der Waals surface area contributed by atoms with Gasteiger partial charge in [0, 0.05) is 25.2 Å². The highest BCUT2D eigenvalue weighted by atomic mass is 16.2. The molecule has 6 heteroatoms. The van der Waals surface area contributed by atoms with E-state index < -0.39 is 0 Å². The third kappa shape index (κ3) is 2.30. The van der Waals surface area contributed by atoms with Crippen LogP contribution in [0, 0.1) is 0 Å². The van der Waals surface area contributed by atoms with Crippen molar-refractivity contribution >= 4 is 23.0 Å². The SMILES string of the molecule is Cn1c(-c2ccccc2)c(N=C2C(=O)Nc3ccccc32)c(=O)n1C. The van der Waals surface area contributed by atoms with E-state index in [1.54, 1.807) is 18.8 Å². The van der Waals surface area contributed by atoms with Crippen molar-refractivity contribution in [2.24, 2.45) is 19.1 Å². The number of amides is 1. The largest absolute Gasteiger partial charge is 0.320 e. The number of aromatic nitrogens is 2. The van der Waals surface area contributed by atoms with Gasteiger partial charge in [-0.2, -0.15) is 0 Å². The first kappa shape index (κ1) is 15.1. The number of carbonyl (C=O) groups excluding carboxylic acids is 1. The Kier molecular flexibility index (Phi) is 3.39. The lowest BCUT2D eigenvalue weighted by molar-refractivity contribution is -0.110. The third-order valence-electron chi connectivity index (χ3n) is 4.41. The Morgan fingerprint density at radius 2 is 1.56 bits per heavy atom. The van der Waals surface area contributed by atoms with E-state index in [0.717, 1.165) is 5.56 Å². The summed E-state index contributed by atoms with van der Waals surface area (Å²) in [4.78, 5) is 29.5. The van der Waals surface area contributed by atoms with Crippen molar-refractivity contribution in [3.8, 4) is 11.3 Å². The molecule has 1 aliphatic heterocycles. The van der Waals surface area contributed by atoms with Crippen molar-refractivity contribution in [1.82, 2.24) is 9.36 Å². The molecular formula is C19H16N4O2. The molecule has 1 aromatic heterocycles. The average molecular weight is 332 g/mol. The first-order valence-electron chi connectivity index (χ1n) is 7.89. The van der Waals surface area contributed by atoms with Crippen molar-refractivity contribution in [3.63, 3.8) is 0 Å². The molecule has 0 atom stereocenters. The lowest BCUT2D eigenvalue weighted by Crippen LogP contribution is -2.18. The van der Waals surface area contributed by atoms with Crippen LogP contribution in [0.25, 0.3) is 11.3 Å². The van der Waals surface area contributed by atoms with Gasteiger partial charge in [-0.05, 0) is 6.07 Å². The van der Waals surface area contributed by atoms with Gasteiger partial charge in [0.2, 0.25) is 0 Å². The van der Waals surface area contributed by atoms with Gasteiger partial charge in [-0.1, -0.05) is 48.5 Å². The normalized spacial score (nSPS) is 14.6. The summed E-state index contributed by atoms with van der Waals surface area (Å²) in [6.07, 6.45) is 0. The summed E-state index contributed by atoms with van der Waals surface area (Å²) >= 11 is 0. The molecule has 0 saturated carbocycles. The first-order valence-corrected chi connectivity index (χ1v) is 7.89. The van der Waals surface area contributed by atoms with Crippen LogP contribution in [-0.4, -0.2) is 21.0 Å². The Morgan fingerprint density at radius 3 is 2.32 bits per heavy atom. The molecule has 3 aromatic rings. The Labute approximate surface area is 144 Å². The zero-order valence-electron chi connectivity index (χ0n) is 13.9. The maximum atomic E-state index is 12.7. The second kappa shape index (κ2) is 5.59. The molecule has 0 saturated heterocycles. The van der Waals surface area contributed by atoms with Crippen molar-refractivity contribution in [3.05, 3.63) is 70.5 Å². The fraction of sp³-hybridized carbons (Fsp3) is 0.105. The van der Waals surface area contributed by atoms with Crippen LogP contribution >= 0.6 is 0 Å². The number of carbonyl (C=O) groups is 1. The van der Waals surface area contributed by atoms with E-state index in [1.807, 2.05) is 54.6 Å². The molecule has 0 fully saturated rings. The molecule has 0 radical (unpaired) electrons. The summed E-state index contributed by atoms with van der Waals surface area (Å²) in [5.41, 5.74) is 3.24. The van der Waals surface area contributed by atoms with Crippen LogP contribution < -0.4 is 10.9 Å². The van der Waals surface area contributed by atoms with Crippen molar-refractivity contribution in [2.45, 2.75) is 0 Å². The number of aliphatic imine (C=N–C) groups is 1. The van der Waals surface area contributed by atoms with Crippen molar-refractivity contribution in [1.29, 1.82) is 0 Å². The van der Waals surface area contributed by atoms with Gasteiger partial charge in [0.1, 0.15) is 5.71 Å². The standard InChI is InChI=1S/C19H16N4O2/c1-22-17(12-8-4-3-5-9-12)16(19(25)23(22)2)21-15-13-10-6-7-11-14(13)20-18(15)24/h3-11H,1-2H3,(H,20,21,24). The van der Waals surface area contributed by atoms with E-state index in [9.17, 15) is 9.59 Å². The molecule has 6 nitrogen and oxygen atoms in total. The number of benzene rings is 2. The molecule has 2 aromatic carbocycles. The highest BCUT2D eigenvalue weighted by Gasteiger charge is 2.27. The zero-order chi connectivity index (χ0) is 17.6. The van der Waals surface area contributed by atoms with Crippen molar-refractivity contribution in [2.75, 3.05) is 5.32 Å². The van der Waals surface area contributed by atoms with E-state index in [1.165, 1.54) is 4.68 Å². The predicted octanol–water partition coefficient (Wildman–Crippen LogP) is 2.46. The van der Waals surface area contributed by atoms with Gasteiger partial charge in [0.15, 0.2) is 5.69 Å². The topological polar surface area (TPSA) is 68.4 Å². The fourth-order valence-electron chi connectivity index (χ4n) is 3.04.